The van der Waals surface area contributed by atoms with Crippen molar-refractivity contribution in [1.82, 2.24) is 9.80 Å². The molecule has 0 spiro atoms. The van der Waals surface area contributed by atoms with E-state index in [4.69, 9.17) is 0 Å². The van der Waals surface area contributed by atoms with Gasteiger partial charge in [0.15, 0.2) is 0 Å². The average Bonchev–Trinajstić information content (AvgIpc) is 2.90. The summed E-state index contributed by atoms with van der Waals surface area (Å²) in [5, 5.41) is 10.1. The summed E-state index contributed by atoms with van der Waals surface area (Å²) in [4.78, 5) is 30.1. The van der Waals surface area contributed by atoms with Crippen molar-refractivity contribution in [2.24, 2.45) is 0 Å². The number of carboxylic acid groups (broad SMARTS) is 1. The first-order valence-electron chi connectivity index (χ1n) is 12.4. The normalized spacial score (nSPS) is 18.1. The van der Waals surface area contributed by atoms with Gasteiger partial charge in [0.25, 0.3) is 0 Å². The molecule has 1 aliphatic rings. The van der Waals surface area contributed by atoms with Crippen LogP contribution in [0, 0.1) is 0 Å². The molecule has 5 nitrogen and oxygen atoms in total. The number of nitrogens with zero attached hydrogens (tertiary/aromatic N) is 2. The Morgan fingerprint density at radius 3 is 2.00 bits per heavy atom. The smallest absolute Gasteiger partial charge is 0.326 e. The Hall–Kier alpha value is -3.44. The number of likely N-dealkylation sites (tertiary alicyclic amines) is 1. The highest BCUT2D eigenvalue weighted by molar-refractivity contribution is 5.91. The molecule has 3 aromatic rings. The molecule has 35 heavy (non-hydrogen) atoms. The second-order valence-electron chi connectivity index (χ2n) is 9.39. The van der Waals surface area contributed by atoms with E-state index in [1.807, 2.05) is 66.7 Å². The number of aliphatic carboxylic acids is 1. The van der Waals surface area contributed by atoms with E-state index in [1.165, 1.54) is 5.56 Å². The summed E-state index contributed by atoms with van der Waals surface area (Å²) in [6.45, 7) is 1.34. The first-order valence-corrected chi connectivity index (χ1v) is 12.4. The quantitative estimate of drug-likeness (QED) is 0.487. The minimum absolute atomic E-state index is 0.139. The number of rotatable bonds is 9. The zero-order valence-electron chi connectivity index (χ0n) is 20.3. The highest BCUT2D eigenvalue weighted by Gasteiger charge is 2.40. The molecular weight excluding hydrogens is 436 g/mol. The van der Waals surface area contributed by atoms with Crippen molar-refractivity contribution >= 4 is 11.9 Å². The fraction of sp³-hybridized carbons (Fsp3) is 0.333. The monoisotopic (exact) mass is 470 g/mol. The summed E-state index contributed by atoms with van der Waals surface area (Å²) >= 11 is 0. The minimum Gasteiger partial charge on any atom is -0.480 e. The third kappa shape index (κ3) is 6.17. The van der Waals surface area contributed by atoms with Gasteiger partial charge in [0.1, 0.15) is 6.04 Å². The van der Waals surface area contributed by atoms with Gasteiger partial charge in [-0.15, -0.1) is 0 Å². The summed E-state index contributed by atoms with van der Waals surface area (Å²) in [6, 6.07) is 29.0. The van der Waals surface area contributed by atoms with Gasteiger partial charge in [-0.05, 0) is 56.0 Å². The number of amides is 1. The van der Waals surface area contributed by atoms with Crippen molar-refractivity contribution in [3.05, 3.63) is 108 Å². The molecule has 0 saturated carbocycles. The molecule has 1 saturated heterocycles. The lowest BCUT2D eigenvalue weighted by Crippen LogP contribution is -2.55. The summed E-state index contributed by atoms with van der Waals surface area (Å²) in [6.07, 6.45) is 3.23. The molecule has 1 heterocycles. The lowest BCUT2D eigenvalue weighted by molar-refractivity contribution is -0.153. The van der Waals surface area contributed by atoms with Gasteiger partial charge in [0.05, 0.1) is 5.92 Å². The molecule has 3 aromatic carbocycles. The van der Waals surface area contributed by atoms with Gasteiger partial charge in [-0.3, -0.25) is 4.79 Å². The number of carboxylic acids is 1. The first-order chi connectivity index (χ1) is 17.0. The topological polar surface area (TPSA) is 60.9 Å². The van der Waals surface area contributed by atoms with Crippen molar-refractivity contribution in [2.45, 2.75) is 43.7 Å². The van der Waals surface area contributed by atoms with Crippen LogP contribution in [0.4, 0.5) is 0 Å². The average molecular weight is 471 g/mol. The molecule has 182 valence electrons. The van der Waals surface area contributed by atoms with E-state index in [9.17, 15) is 14.7 Å². The second-order valence-corrected chi connectivity index (χ2v) is 9.39. The molecule has 0 aliphatic carbocycles. The molecule has 4 rings (SSSR count). The number of carbonyl (C=O) groups excluding carboxylic acids is 1. The predicted molar refractivity (Wildman–Crippen MR) is 138 cm³/mol. The van der Waals surface area contributed by atoms with Crippen LogP contribution >= 0.6 is 0 Å². The number of aryl methyl sites for hydroxylation is 1. The molecule has 1 fully saturated rings. The maximum Gasteiger partial charge on any atom is 0.326 e. The Labute approximate surface area is 208 Å². The Kier molecular flexibility index (Phi) is 8.32. The van der Waals surface area contributed by atoms with Crippen LogP contribution in [-0.2, 0) is 16.0 Å². The Morgan fingerprint density at radius 2 is 1.46 bits per heavy atom. The number of piperidine rings is 1. The van der Waals surface area contributed by atoms with Crippen LogP contribution in [0.5, 0.6) is 0 Å². The van der Waals surface area contributed by atoms with Crippen LogP contribution in [0.3, 0.4) is 0 Å². The molecule has 0 bridgehead atoms. The van der Waals surface area contributed by atoms with Crippen molar-refractivity contribution in [1.29, 1.82) is 0 Å². The fourth-order valence-electron chi connectivity index (χ4n) is 5.14. The van der Waals surface area contributed by atoms with Crippen LogP contribution in [0.15, 0.2) is 91.0 Å². The van der Waals surface area contributed by atoms with Gasteiger partial charge < -0.3 is 14.9 Å². The Morgan fingerprint density at radius 1 is 0.914 bits per heavy atom. The van der Waals surface area contributed by atoms with E-state index >= 15 is 0 Å². The van der Waals surface area contributed by atoms with Gasteiger partial charge in [-0.2, -0.15) is 0 Å². The molecule has 0 unspecified atom stereocenters. The lowest BCUT2D eigenvalue weighted by Gasteiger charge is -2.42. The molecule has 0 aromatic heterocycles. The van der Waals surface area contributed by atoms with Crippen molar-refractivity contribution in [3.63, 3.8) is 0 Å². The van der Waals surface area contributed by atoms with Crippen LogP contribution < -0.4 is 0 Å². The zero-order chi connectivity index (χ0) is 24.6. The number of hydrogen-bond donors (Lipinski definition) is 1. The summed E-state index contributed by atoms with van der Waals surface area (Å²) in [5.41, 5.74) is 3.08. The number of hydrogen-bond acceptors (Lipinski definition) is 3. The van der Waals surface area contributed by atoms with Crippen molar-refractivity contribution < 1.29 is 14.7 Å². The zero-order valence-corrected chi connectivity index (χ0v) is 20.3. The first kappa shape index (κ1) is 24.7. The molecular formula is C30H34N2O3. The van der Waals surface area contributed by atoms with E-state index in [-0.39, 0.29) is 11.9 Å². The molecule has 0 radical (unpaired) electrons. The Bertz CT molecular complexity index is 1050. The fourth-order valence-corrected chi connectivity index (χ4v) is 5.14. The van der Waals surface area contributed by atoms with Crippen LogP contribution in [0.2, 0.25) is 0 Å². The SMILES string of the molecule is CN(CCCc1ccccc1)[C@@H]1CCN(C(=O)C(c2ccccc2)c2ccccc2)[C@H](C(=O)O)C1. The summed E-state index contributed by atoms with van der Waals surface area (Å²) in [5.74, 6) is -1.58. The number of benzene rings is 3. The third-order valence-electron chi connectivity index (χ3n) is 7.10. The van der Waals surface area contributed by atoms with E-state index in [0.717, 1.165) is 36.9 Å². The Balaban J connectivity index is 1.46. The van der Waals surface area contributed by atoms with Gasteiger partial charge in [-0.25, -0.2) is 4.79 Å². The molecule has 1 amide bonds. The van der Waals surface area contributed by atoms with Gasteiger partial charge >= 0.3 is 5.97 Å². The highest BCUT2D eigenvalue weighted by atomic mass is 16.4. The molecule has 1 aliphatic heterocycles. The number of carbonyl (C=O) groups is 2. The lowest BCUT2D eigenvalue weighted by atomic mass is 9.87. The predicted octanol–water partition coefficient (Wildman–Crippen LogP) is 4.83. The second kappa shape index (κ2) is 11.8. The largest absolute Gasteiger partial charge is 0.480 e. The standard InChI is InChI=1S/C30H34N2O3/c1-31(20-11-14-23-12-5-2-6-13-23)26-19-21-32(27(22-26)30(34)35)29(33)28(24-15-7-3-8-16-24)25-17-9-4-10-18-25/h2-10,12-13,15-18,26-28H,11,14,19-22H2,1H3,(H,34,35)/t26-,27+/m1/s1. The highest BCUT2D eigenvalue weighted by Crippen LogP contribution is 2.31. The molecule has 1 N–H and O–H groups in total. The van der Waals surface area contributed by atoms with Gasteiger partial charge in [-0.1, -0.05) is 91.0 Å². The summed E-state index contributed by atoms with van der Waals surface area (Å²) < 4.78 is 0. The van der Waals surface area contributed by atoms with Gasteiger partial charge in [0.2, 0.25) is 5.91 Å². The maximum atomic E-state index is 13.9. The van der Waals surface area contributed by atoms with E-state index < -0.39 is 17.9 Å². The maximum absolute atomic E-state index is 13.9. The van der Waals surface area contributed by atoms with E-state index in [0.29, 0.717) is 13.0 Å². The molecule has 2 atom stereocenters. The van der Waals surface area contributed by atoms with E-state index in [1.54, 1.807) is 4.90 Å². The van der Waals surface area contributed by atoms with Gasteiger partial charge in [0, 0.05) is 12.6 Å². The van der Waals surface area contributed by atoms with Crippen molar-refractivity contribution in [2.75, 3.05) is 20.1 Å². The van der Waals surface area contributed by atoms with Crippen LogP contribution in [0.1, 0.15) is 41.9 Å². The third-order valence-corrected chi connectivity index (χ3v) is 7.10. The van der Waals surface area contributed by atoms with Crippen molar-refractivity contribution in [3.8, 4) is 0 Å². The van der Waals surface area contributed by atoms with E-state index in [2.05, 4.69) is 36.2 Å². The molecule has 5 heteroatoms. The van der Waals surface area contributed by atoms with Crippen LogP contribution in [-0.4, -0.2) is 59.0 Å². The minimum atomic E-state index is -0.930. The summed E-state index contributed by atoms with van der Waals surface area (Å²) in [7, 11) is 2.07. The van der Waals surface area contributed by atoms with Crippen LogP contribution in [0.25, 0.3) is 0 Å².